The summed E-state index contributed by atoms with van der Waals surface area (Å²) in [4.78, 5) is 37.3. The summed E-state index contributed by atoms with van der Waals surface area (Å²) in [5.74, 6) is -1.49. The number of ether oxygens (including phenoxy) is 1. The van der Waals surface area contributed by atoms with E-state index in [-0.39, 0.29) is 30.8 Å². The Labute approximate surface area is 130 Å². The van der Waals surface area contributed by atoms with Gasteiger partial charge in [0.2, 0.25) is 11.8 Å². The lowest BCUT2D eigenvalue weighted by atomic mass is 9.74. The van der Waals surface area contributed by atoms with Crippen molar-refractivity contribution in [2.24, 2.45) is 16.7 Å². The molecule has 0 bridgehead atoms. The molecule has 2 N–H and O–H groups in total. The normalized spacial score (nSPS) is 28.1. The molecule has 7 heteroatoms. The molecular weight excluding hydrogens is 288 g/mol. The van der Waals surface area contributed by atoms with Crippen molar-refractivity contribution in [1.82, 2.24) is 10.2 Å². The Kier molecular flexibility index (Phi) is 4.47. The maximum absolute atomic E-state index is 12.3. The molecule has 22 heavy (non-hydrogen) atoms. The molecule has 2 aliphatic rings. The van der Waals surface area contributed by atoms with Crippen LogP contribution in [0.25, 0.3) is 0 Å². The van der Waals surface area contributed by atoms with E-state index in [0.29, 0.717) is 26.2 Å². The van der Waals surface area contributed by atoms with Crippen molar-refractivity contribution < 1.29 is 24.2 Å². The Balaban J connectivity index is 1.98. The van der Waals surface area contributed by atoms with Gasteiger partial charge >= 0.3 is 5.97 Å². The first kappa shape index (κ1) is 16.7. The van der Waals surface area contributed by atoms with Gasteiger partial charge in [0.25, 0.3) is 0 Å². The zero-order valence-electron chi connectivity index (χ0n) is 13.3. The fraction of sp³-hybridized carbons (Fsp3) is 0.800. The van der Waals surface area contributed by atoms with Gasteiger partial charge in [0, 0.05) is 31.0 Å². The van der Waals surface area contributed by atoms with Crippen LogP contribution in [0.15, 0.2) is 0 Å². The van der Waals surface area contributed by atoms with Crippen LogP contribution in [0.3, 0.4) is 0 Å². The summed E-state index contributed by atoms with van der Waals surface area (Å²) < 4.78 is 5.36. The van der Waals surface area contributed by atoms with Gasteiger partial charge in [-0.15, -0.1) is 0 Å². The minimum atomic E-state index is -0.901. The van der Waals surface area contributed by atoms with Crippen LogP contribution < -0.4 is 5.32 Å². The van der Waals surface area contributed by atoms with Gasteiger partial charge in [-0.05, 0) is 6.42 Å². The molecule has 7 nitrogen and oxygen atoms in total. The van der Waals surface area contributed by atoms with E-state index in [2.05, 4.69) is 5.32 Å². The van der Waals surface area contributed by atoms with Gasteiger partial charge in [-0.2, -0.15) is 0 Å². The van der Waals surface area contributed by atoms with Crippen molar-refractivity contribution in [2.45, 2.75) is 27.2 Å². The van der Waals surface area contributed by atoms with E-state index in [0.717, 1.165) is 0 Å². The van der Waals surface area contributed by atoms with Crippen LogP contribution >= 0.6 is 0 Å². The SMILES string of the molecule is CC(C)(C)C(=O)NCC(=O)N1C[C@H]2COCC[C@@]2(C(=O)O)C1. The average molecular weight is 312 g/mol. The predicted molar refractivity (Wildman–Crippen MR) is 78.0 cm³/mol. The summed E-state index contributed by atoms with van der Waals surface area (Å²) in [6.07, 6.45) is 0.422. The molecule has 0 aromatic rings. The molecule has 2 saturated heterocycles. The number of nitrogens with zero attached hydrogens (tertiary/aromatic N) is 1. The molecular formula is C15H24N2O5. The van der Waals surface area contributed by atoms with Crippen molar-refractivity contribution in [2.75, 3.05) is 32.8 Å². The molecule has 0 aliphatic carbocycles. The topological polar surface area (TPSA) is 95.9 Å². The van der Waals surface area contributed by atoms with Crippen LogP contribution in [0.2, 0.25) is 0 Å². The molecule has 2 amide bonds. The van der Waals surface area contributed by atoms with Crippen LogP contribution in [0, 0.1) is 16.7 Å². The largest absolute Gasteiger partial charge is 0.481 e. The monoisotopic (exact) mass is 312 g/mol. The van der Waals surface area contributed by atoms with Crippen LogP contribution in [0.1, 0.15) is 27.2 Å². The summed E-state index contributed by atoms with van der Waals surface area (Å²) in [5.41, 5.74) is -1.46. The number of carboxylic acids is 1. The number of carboxylic acid groups (broad SMARTS) is 1. The Morgan fingerprint density at radius 2 is 2.05 bits per heavy atom. The van der Waals surface area contributed by atoms with Crippen LogP contribution in [-0.2, 0) is 19.1 Å². The first-order chi connectivity index (χ1) is 10.2. The number of fused-ring (bicyclic) bond motifs is 1. The van der Waals surface area contributed by atoms with E-state index in [9.17, 15) is 19.5 Å². The fourth-order valence-corrected chi connectivity index (χ4v) is 3.02. The Morgan fingerprint density at radius 3 is 2.59 bits per heavy atom. The van der Waals surface area contributed by atoms with Gasteiger partial charge in [-0.25, -0.2) is 0 Å². The Bertz CT molecular complexity index is 485. The zero-order valence-corrected chi connectivity index (χ0v) is 13.3. The highest BCUT2D eigenvalue weighted by Crippen LogP contribution is 2.42. The number of carbonyl (C=O) groups is 3. The van der Waals surface area contributed by atoms with Crippen molar-refractivity contribution in [3.05, 3.63) is 0 Å². The van der Waals surface area contributed by atoms with Gasteiger partial charge in [-0.1, -0.05) is 20.8 Å². The number of hydrogen-bond donors (Lipinski definition) is 2. The van der Waals surface area contributed by atoms with Crippen LogP contribution in [-0.4, -0.2) is 60.6 Å². The van der Waals surface area contributed by atoms with Gasteiger partial charge in [0.05, 0.1) is 18.6 Å². The maximum atomic E-state index is 12.3. The molecule has 2 aliphatic heterocycles. The summed E-state index contributed by atoms with van der Waals surface area (Å²) in [6, 6.07) is 0. The third-order valence-corrected chi connectivity index (χ3v) is 4.57. The van der Waals surface area contributed by atoms with Crippen molar-refractivity contribution in [3.8, 4) is 0 Å². The molecule has 0 spiro atoms. The van der Waals surface area contributed by atoms with E-state index >= 15 is 0 Å². The standard InChI is InChI=1S/C15H24N2O5/c1-14(2,3)12(19)16-6-11(18)17-7-10-8-22-5-4-15(10,9-17)13(20)21/h10H,4-9H2,1-3H3,(H,16,19)(H,20,21)/t10-,15+/m0/s1. The second-order valence-electron chi connectivity index (χ2n) is 7.19. The molecule has 0 unspecified atom stereocenters. The minimum absolute atomic E-state index is 0.0978. The Morgan fingerprint density at radius 1 is 1.36 bits per heavy atom. The van der Waals surface area contributed by atoms with E-state index in [1.54, 1.807) is 20.8 Å². The van der Waals surface area contributed by atoms with Gasteiger partial charge in [0.15, 0.2) is 0 Å². The van der Waals surface area contributed by atoms with E-state index in [1.807, 2.05) is 0 Å². The summed E-state index contributed by atoms with van der Waals surface area (Å²) >= 11 is 0. The molecule has 2 atom stereocenters. The zero-order chi connectivity index (χ0) is 16.5. The summed E-state index contributed by atoms with van der Waals surface area (Å²) in [5, 5.41) is 12.2. The second kappa shape index (κ2) is 5.87. The number of amides is 2. The number of aliphatic carboxylic acids is 1. The number of rotatable bonds is 3. The summed E-state index contributed by atoms with van der Waals surface area (Å²) in [6.45, 7) is 6.56. The number of likely N-dealkylation sites (tertiary alicyclic amines) is 1. The minimum Gasteiger partial charge on any atom is -0.481 e. The lowest BCUT2D eigenvalue weighted by molar-refractivity contribution is -0.157. The second-order valence-corrected chi connectivity index (χ2v) is 7.19. The average Bonchev–Trinajstić information content (AvgIpc) is 2.84. The molecule has 2 heterocycles. The molecule has 0 radical (unpaired) electrons. The molecule has 0 aromatic heterocycles. The highest BCUT2D eigenvalue weighted by atomic mass is 16.5. The van der Waals surface area contributed by atoms with Crippen LogP contribution in [0.5, 0.6) is 0 Å². The fourth-order valence-electron chi connectivity index (χ4n) is 3.02. The number of nitrogens with one attached hydrogen (secondary N) is 1. The molecule has 0 aromatic carbocycles. The van der Waals surface area contributed by atoms with Crippen molar-refractivity contribution in [3.63, 3.8) is 0 Å². The van der Waals surface area contributed by atoms with Gasteiger partial charge in [0.1, 0.15) is 0 Å². The Hall–Kier alpha value is -1.63. The first-order valence-corrected chi connectivity index (χ1v) is 7.54. The van der Waals surface area contributed by atoms with E-state index in [1.165, 1.54) is 4.90 Å². The predicted octanol–water partition coefficient (Wildman–Crippen LogP) is 0.0984. The van der Waals surface area contributed by atoms with Gasteiger partial charge in [-0.3, -0.25) is 14.4 Å². The highest BCUT2D eigenvalue weighted by molar-refractivity contribution is 5.88. The lowest BCUT2D eigenvalue weighted by Crippen LogP contribution is -2.46. The highest BCUT2D eigenvalue weighted by Gasteiger charge is 2.54. The molecule has 124 valence electrons. The van der Waals surface area contributed by atoms with E-state index in [4.69, 9.17) is 4.74 Å². The maximum Gasteiger partial charge on any atom is 0.311 e. The molecule has 2 rings (SSSR count). The number of hydrogen-bond acceptors (Lipinski definition) is 4. The molecule has 0 saturated carbocycles. The third-order valence-electron chi connectivity index (χ3n) is 4.57. The third kappa shape index (κ3) is 3.09. The number of carbonyl (C=O) groups excluding carboxylic acids is 2. The van der Waals surface area contributed by atoms with E-state index < -0.39 is 16.8 Å². The van der Waals surface area contributed by atoms with Crippen LogP contribution in [0.4, 0.5) is 0 Å². The first-order valence-electron chi connectivity index (χ1n) is 7.54. The molecule has 2 fully saturated rings. The smallest absolute Gasteiger partial charge is 0.311 e. The van der Waals surface area contributed by atoms with Crippen molar-refractivity contribution >= 4 is 17.8 Å². The van der Waals surface area contributed by atoms with Crippen molar-refractivity contribution in [1.29, 1.82) is 0 Å². The summed E-state index contributed by atoms with van der Waals surface area (Å²) in [7, 11) is 0. The van der Waals surface area contributed by atoms with Gasteiger partial charge < -0.3 is 20.1 Å². The quantitative estimate of drug-likeness (QED) is 0.770. The lowest BCUT2D eigenvalue weighted by Gasteiger charge is -2.33.